The van der Waals surface area contributed by atoms with Gasteiger partial charge in [-0.05, 0) is 0 Å². The van der Waals surface area contributed by atoms with E-state index in [1.54, 1.807) is 23.7 Å². The molecule has 126 valence electrons. The molecular weight excluding hydrogens is 320 g/mol. The largest absolute Gasteiger partial charge is 0.352 e. The summed E-state index contributed by atoms with van der Waals surface area (Å²) in [5.74, 6) is 0.698. The lowest BCUT2D eigenvalue weighted by Gasteiger charge is -2.35. The molecule has 0 spiro atoms. The van der Waals surface area contributed by atoms with Crippen molar-refractivity contribution in [3.05, 3.63) is 34.2 Å². The lowest BCUT2D eigenvalue weighted by molar-refractivity contribution is 0.246. The molecule has 0 unspecified atom stereocenters. The first-order chi connectivity index (χ1) is 11.5. The van der Waals surface area contributed by atoms with Crippen LogP contribution in [0.25, 0.3) is 0 Å². The molecule has 7 heteroatoms. The van der Waals surface area contributed by atoms with E-state index >= 15 is 0 Å². The number of aromatic nitrogens is 3. The van der Waals surface area contributed by atoms with E-state index < -0.39 is 0 Å². The Labute approximate surface area is 146 Å². The van der Waals surface area contributed by atoms with Crippen LogP contribution >= 0.6 is 11.3 Å². The van der Waals surface area contributed by atoms with Crippen LogP contribution in [0.4, 0.5) is 5.82 Å². The average molecular weight is 342 g/mol. The van der Waals surface area contributed by atoms with Crippen molar-refractivity contribution >= 4 is 17.2 Å². The van der Waals surface area contributed by atoms with Crippen LogP contribution in [0.15, 0.2) is 17.8 Å². The van der Waals surface area contributed by atoms with Crippen molar-refractivity contribution in [3.63, 3.8) is 0 Å². The van der Waals surface area contributed by atoms with Gasteiger partial charge in [-0.1, -0.05) is 20.8 Å². The molecule has 0 aliphatic carbocycles. The van der Waals surface area contributed by atoms with Crippen molar-refractivity contribution < 1.29 is 0 Å². The predicted octanol–water partition coefficient (Wildman–Crippen LogP) is 2.42. The maximum atomic E-state index is 9.17. The van der Waals surface area contributed by atoms with Gasteiger partial charge in [-0.3, -0.25) is 4.90 Å². The van der Waals surface area contributed by atoms with Crippen molar-refractivity contribution in [2.24, 2.45) is 0 Å². The van der Waals surface area contributed by atoms with Gasteiger partial charge in [-0.15, -0.1) is 11.3 Å². The standard InChI is InChI=1S/C17H22N6S/c1-17(2,3)16-21-13(12-24-16)11-22-6-8-23(9-7-22)15-14(10-18)19-4-5-20-15/h4-5,12H,6-9,11H2,1-3H3. The van der Waals surface area contributed by atoms with Crippen molar-refractivity contribution in [3.8, 4) is 6.07 Å². The fourth-order valence-corrected chi connectivity index (χ4v) is 3.61. The van der Waals surface area contributed by atoms with E-state index in [2.05, 4.69) is 52.0 Å². The summed E-state index contributed by atoms with van der Waals surface area (Å²) in [6, 6.07) is 2.12. The molecule has 0 atom stereocenters. The minimum atomic E-state index is 0.112. The molecule has 1 saturated heterocycles. The fraction of sp³-hybridized carbons (Fsp3) is 0.529. The molecule has 24 heavy (non-hydrogen) atoms. The smallest absolute Gasteiger partial charge is 0.183 e. The molecule has 1 aliphatic heterocycles. The van der Waals surface area contributed by atoms with E-state index in [9.17, 15) is 0 Å². The number of hydrogen-bond donors (Lipinski definition) is 0. The van der Waals surface area contributed by atoms with Crippen LogP contribution in [-0.2, 0) is 12.0 Å². The highest BCUT2D eigenvalue weighted by Gasteiger charge is 2.22. The Morgan fingerprint density at radius 2 is 1.88 bits per heavy atom. The van der Waals surface area contributed by atoms with Crippen LogP contribution in [-0.4, -0.2) is 46.0 Å². The SMILES string of the molecule is CC(C)(C)c1nc(CN2CCN(c3nccnc3C#N)CC2)cs1. The zero-order chi connectivity index (χ0) is 17.2. The van der Waals surface area contributed by atoms with E-state index in [-0.39, 0.29) is 5.41 Å². The maximum Gasteiger partial charge on any atom is 0.183 e. The Bertz CT molecular complexity index is 734. The zero-order valence-electron chi connectivity index (χ0n) is 14.4. The quantitative estimate of drug-likeness (QED) is 0.853. The monoisotopic (exact) mass is 342 g/mol. The molecule has 0 bridgehead atoms. The molecule has 6 nitrogen and oxygen atoms in total. The normalized spacial score (nSPS) is 16.2. The van der Waals surface area contributed by atoms with Crippen molar-refractivity contribution in [2.75, 3.05) is 31.1 Å². The summed E-state index contributed by atoms with van der Waals surface area (Å²) in [6.07, 6.45) is 3.21. The maximum absolute atomic E-state index is 9.17. The number of anilines is 1. The fourth-order valence-electron chi connectivity index (χ4n) is 2.71. The second kappa shape index (κ2) is 6.83. The lowest BCUT2D eigenvalue weighted by Crippen LogP contribution is -2.46. The Morgan fingerprint density at radius 1 is 1.17 bits per heavy atom. The van der Waals surface area contributed by atoms with Crippen LogP contribution in [0.5, 0.6) is 0 Å². The summed E-state index contributed by atoms with van der Waals surface area (Å²) >= 11 is 1.74. The van der Waals surface area contributed by atoms with Gasteiger partial charge >= 0.3 is 0 Å². The second-order valence-electron chi connectivity index (χ2n) is 7.00. The third-order valence-electron chi connectivity index (χ3n) is 4.04. The number of rotatable bonds is 3. The summed E-state index contributed by atoms with van der Waals surface area (Å²) in [7, 11) is 0. The van der Waals surface area contributed by atoms with Crippen LogP contribution in [0.3, 0.4) is 0 Å². The minimum absolute atomic E-state index is 0.112. The van der Waals surface area contributed by atoms with E-state index in [1.165, 1.54) is 5.01 Å². The number of nitrogens with zero attached hydrogens (tertiary/aromatic N) is 6. The van der Waals surface area contributed by atoms with E-state index in [1.807, 2.05) is 0 Å². The molecule has 0 N–H and O–H groups in total. The van der Waals surface area contributed by atoms with Gasteiger partial charge in [-0.25, -0.2) is 15.0 Å². The first-order valence-electron chi connectivity index (χ1n) is 8.10. The molecule has 1 fully saturated rings. The molecule has 0 saturated carbocycles. The van der Waals surface area contributed by atoms with Gasteiger partial charge in [0.15, 0.2) is 11.5 Å². The number of hydrogen-bond acceptors (Lipinski definition) is 7. The second-order valence-corrected chi connectivity index (χ2v) is 7.86. The van der Waals surface area contributed by atoms with Crippen LogP contribution in [0, 0.1) is 11.3 Å². The summed E-state index contributed by atoms with van der Waals surface area (Å²) in [5.41, 5.74) is 1.66. The van der Waals surface area contributed by atoms with Crippen molar-refractivity contribution in [1.29, 1.82) is 5.26 Å². The van der Waals surface area contributed by atoms with Crippen molar-refractivity contribution in [2.45, 2.75) is 32.7 Å². The van der Waals surface area contributed by atoms with Gasteiger partial charge in [0.05, 0.1) is 10.7 Å². The van der Waals surface area contributed by atoms with E-state index in [4.69, 9.17) is 10.2 Å². The molecule has 2 aromatic heterocycles. The molecular formula is C17H22N6S. The minimum Gasteiger partial charge on any atom is -0.352 e. The van der Waals surface area contributed by atoms with E-state index in [0.717, 1.165) is 38.4 Å². The van der Waals surface area contributed by atoms with Gasteiger partial charge in [0.25, 0.3) is 0 Å². The predicted molar refractivity (Wildman–Crippen MR) is 95.1 cm³/mol. The van der Waals surface area contributed by atoms with Crippen LogP contribution in [0.2, 0.25) is 0 Å². The Kier molecular flexibility index (Phi) is 4.78. The molecule has 0 radical (unpaired) electrons. The highest BCUT2D eigenvalue weighted by atomic mass is 32.1. The Morgan fingerprint density at radius 3 is 2.50 bits per heavy atom. The molecule has 2 aromatic rings. The number of nitriles is 1. The third-order valence-corrected chi connectivity index (χ3v) is 5.35. The molecule has 1 aliphatic rings. The molecule has 3 heterocycles. The lowest BCUT2D eigenvalue weighted by atomic mass is 9.98. The van der Waals surface area contributed by atoms with Crippen molar-refractivity contribution in [1.82, 2.24) is 19.9 Å². The van der Waals surface area contributed by atoms with Gasteiger partial charge in [0, 0.05) is 55.9 Å². The summed E-state index contributed by atoms with van der Waals surface area (Å²) in [6.45, 7) is 11.0. The topological polar surface area (TPSA) is 68.9 Å². The zero-order valence-corrected chi connectivity index (χ0v) is 15.2. The Hall–Kier alpha value is -2.04. The molecule has 0 amide bonds. The van der Waals surface area contributed by atoms with Gasteiger partial charge in [0.1, 0.15) is 6.07 Å². The highest BCUT2D eigenvalue weighted by Crippen LogP contribution is 2.26. The average Bonchev–Trinajstić information content (AvgIpc) is 3.04. The number of thiazole rings is 1. The molecule has 0 aromatic carbocycles. The van der Waals surface area contributed by atoms with Crippen LogP contribution in [0.1, 0.15) is 37.2 Å². The van der Waals surface area contributed by atoms with E-state index in [0.29, 0.717) is 11.5 Å². The van der Waals surface area contributed by atoms with Gasteiger partial charge in [0.2, 0.25) is 0 Å². The first-order valence-corrected chi connectivity index (χ1v) is 8.98. The van der Waals surface area contributed by atoms with Gasteiger partial charge < -0.3 is 4.90 Å². The summed E-state index contributed by atoms with van der Waals surface area (Å²) in [4.78, 5) is 17.7. The highest BCUT2D eigenvalue weighted by molar-refractivity contribution is 7.09. The third kappa shape index (κ3) is 3.71. The summed E-state index contributed by atoms with van der Waals surface area (Å²) in [5, 5.41) is 12.5. The van der Waals surface area contributed by atoms with Crippen LogP contribution < -0.4 is 4.90 Å². The van der Waals surface area contributed by atoms with Gasteiger partial charge in [-0.2, -0.15) is 5.26 Å². The summed E-state index contributed by atoms with van der Waals surface area (Å²) < 4.78 is 0. The first kappa shape index (κ1) is 16.8. The molecule has 3 rings (SSSR count). The number of piperazine rings is 1. The Balaban J connectivity index is 1.60.